The van der Waals surface area contributed by atoms with Crippen LogP contribution >= 0.6 is 11.8 Å². The molecule has 2 rings (SSSR count). The minimum atomic E-state index is -0.726. The van der Waals surface area contributed by atoms with Gasteiger partial charge in [-0.1, -0.05) is 17.7 Å². The largest absolute Gasteiger partial charge is 0.496 e. The summed E-state index contributed by atoms with van der Waals surface area (Å²) in [6.07, 6.45) is 0.200. The zero-order valence-electron chi connectivity index (χ0n) is 12.8. The molecule has 0 bridgehead atoms. The summed E-state index contributed by atoms with van der Waals surface area (Å²) in [5, 5.41) is 9.12. The molecule has 0 amide bonds. The summed E-state index contributed by atoms with van der Waals surface area (Å²) in [7, 11) is 1.68. The highest BCUT2D eigenvalue weighted by Crippen LogP contribution is 2.34. The number of hydrogen-bond acceptors (Lipinski definition) is 4. The SMILES string of the molecule is COc1ccc(C)cc1C(C)N1CCSCC1CC(=O)O. The molecule has 0 aromatic heterocycles. The molecule has 2 unspecified atom stereocenters. The van der Waals surface area contributed by atoms with Crippen LogP contribution in [0.1, 0.15) is 30.5 Å². The first-order chi connectivity index (χ1) is 10.0. The lowest BCUT2D eigenvalue weighted by molar-refractivity contribution is -0.138. The molecule has 5 heteroatoms. The highest BCUT2D eigenvalue weighted by atomic mass is 32.2. The maximum atomic E-state index is 11.1. The molecule has 1 fully saturated rings. The number of benzene rings is 1. The van der Waals surface area contributed by atoms with Crippen LogP contribution in [0.4, 0.5) is 0 Å². The molecule has 0 spiro atoms. The third-order valence-electron chi connectivity index (χ3n) is 4.02. The second kappa shape index (κ2) is 7.18. The highest BCUT2D eigenvalue weighted by Gasteiger charge is 2.30. The molecule has 1 aromatic rings. The molecule has 2 atom stereocenters. The van der Waals surface area contributed by atoms with Crippen LogP contribution in [0.2, 0.25) is 0 Å². The van der Waals surface area contributed by atoms with Gasteiger partial charge in [0.1, 0.15) is 5.75 Å². The van der Waals surface area contributed by atoms with Gasteiger partial charge in [-0.2, -0.15) is 11.8 Å². The molecular weight excluding hydrogens is 286 g/mol. The molecule has 4 nitrogen and oxygen atoms in total. The van der Waals surface area contributed by atoms with Gasteiger partial charge >= 0.3 is 5.97 Å². The fourth-order valence-electron chi connectivity index (χ4n) is 2.91. The second-order valence-corrected chi connectivity index (χ2v) is 6.64. The van der Waals surface area contributed by atoms with Gasteiger partial charge < -0.3 is 9.84 Å². The van der Waals surface area contributed by atoms with E-state index >= 15 is 0 Å². The number of nitrogens with zero attached hydrogens (tertiary/aromatic N) is 1. The van der Waals surface area contributed by atoms with Crippen molar-refractivity contribution in [1.29, 1.82) is 0 Å². The highest BCUT2D eigenvalue weighted by molar-refractivity contribution is 7.99. The molecule has 21 heavy (non-hydrogen) atoms. The minimum Gasteiger partial charge on any atom is -0.496 e. The Morgan fingerprint density at radius 3 is 3.00 bits per heavy atom. The number of carbonyl (C=O) groups is 1. The summed E-state index contributed by atoms with van der Waals surface area (Å²) in [5.74, 6) is 2.08. The predicted octanol–water partition coefficient (Wildman–Crippen LogP) is 2.96. The number of carboxylic acids is 1. The summed E-state index contributed by atoms with van der Waals surface area (Å²) in [6, 6.07) is 6.41. The maximum Gasteiger partial charge on any atom is 0.304 e. The average Bonchev–Trinajstić information content (AvgIpc) is 2.46. The second-order valence-electron chi connectivity index (χ2n) is 5.49. The lowest BCUT2D eigenvalue weighted by Crippen LogP contribution is -2.44. The molecule has 116 valence electrons. The Hall–Kier alpha value is -1.20. The number of carboxylic acid groups (broad SMARTS) is 1. The number of hydrogen-bond donors (Lipinski definition) is 1. The van der Waals surface area contributed by atoms with Gasteiger partial charge in [0.2, 0.25) is 0 Å². The predicted molar refractivity (Wildman–Crippen MR) is 86.2 cm³/mol. The number of thioether (sulfide) groups is 1. The monoisotopic (exact) mass is 309 g/mol. The van der Waals surface area contributed by atoms with Crippen molar-refractivity contribution in [3.05, 3.63) is 29.3 Å². The van der Waals surface area contributed by atoms with E-state index in [0.29, 0.717) is 0 Å². The molecule has 0 saturated carbocycles. The van der Waals surface area contributed by atoms with Crippen molar-refractivity contribution in [2.45, 2.75) is 32.4 Å². The Bertz CT molecular complexity index is 506. The fourth-order valence-corrected chi connectivity index (χ4v) is 4.00. The molecule has 0 radical (unpaired) electrons. The summed E-state index contributed by atoms with van der Waals surface area (Å²) < 4.78 is 5.48. The standard InChI is InChI=1S/C16H23NO3S/c1-11-4-5-15(20-3)14(8-11)12(2)17-6-7-21-10-13(17)9-16(18)19/h4-5,8,12-13H,6-7,9-10H2,1-3H3,(H,18,19). The molecule has 1 aromatic carbocycles. The number of rotatable bonds is 5. The van der Waals surface area contributed by atoms with E-state index in [1.54, 1.807) is 7.11 Å². The minimum absolute atomic E-state index is 0.0847. The summed E-state index contributed by atoms with van der Waals surface area (Å²) in [4.78, 5) is 13.4. The van der Waals surface area contributed by atoms with Crippen molar-refractivity contribution >= 4 is 17.7 Å². The van der Waals surface area contributed by atoms with Gasteiger partial charge in [0, 0.05) is 35.7 Å². The molecule has 1 aliphatic heterocycles. The van der Waals surface area contributed by atoms with E-state index in [1.807, 2.05) is 23.9 Å². The van der Waals surface area contributed by atoms with Crippen molar-refractivity contribution in [2.24, 2.45) is 0 Å². The van der Waals surface area contributed by atoms with Gasteiger partial charge in [-0.3, -0.25) is 9.69 Å². The van der Waals surface area contributed by atoms with Crippen molar-refractivity contribution in [3.63, 3.8) is 0 Å². The van der Waals surface area contributed by atoms with E-state index in [-0.39, 0.29) is 18.5 Å². The Morgan fingerprint density at radius 2 is 2.33 bits per heavy atom. The molecule has 1 N–H and O–H groups in total. The number of aryl methyl sites for hydroxylation is 1. The summed E-state index contributed by atoms with van der Waals surface area (Å²) in [6.45, 7) is 5.12. The van der Waals surface area contributed by atoms with E-state index in [0.717, 1.165) is 29.4 Å². The van der Waals surface area contributed by atoms with Gasteiger partial charge in [-0.05, 0) is 19.9 Å². The number of methoxy groups -OCH3 is 1. The molecule has 1 aliphatic rings. The van der Waals surface area contributed by atoms with Crippen molar-refractivity contribution < 1.29 is 14.6 Å². The maximum absolute atomic E-state index is 11.1. The van der Waals surface area contributed by atoms with Gasteiger partial charge in [0.15, 0.2) is 0 Å². The van der Waals surface area contributed by atoms with Gasteiger partial charge in [0.25, 0.3) is 0 Å². The van der Waals surface area contributed by atoms with Crippen molar-refractivity contribution in [2.75, 3.05) is 25.2 Å². The first-order valence-electron chi connectivity index (χ1n) is 7.22. The lowest BCUT2D eigenvalue weighted by atomic mass is 10.0. The van der Waals surface area contributed by atoms with Crippen molar-refractivity contribution in [1.82, 2.24) is 4.90 Å². The molecular formula is C16H23NO3S. The Kier molecular flexibility index (Phi) is 5.53. The third-order valence-corrected chi connectivity index (χ3v) is 5.11. The van der Waals surface area contributed by atoms with Crippen LogP contribution in [0.3, 0.4) is 0 Å². The molecule has 0 aliphatic carbocycles. The Labute approximate surface area is 130 Å². The lowest BCUT2D eigenvalue weighted by Gasteiger charge is -2.39. The quantitative estimate of drug-likeness (QED) is 0.906. The Morgan fingerprint density at radius 1 is 1.57 bits per heavy atom. The fraction of sp³-hybridized carbons (Fsp3) is 0.562. The van der Waals surface area contributed by atoms with E-state index < -0.39 is 5.97 Å². The van der Waals surface area contributed by atoms with E-state index in [4.69, 9.17) is 9.84 Å². The van der Waals surface area contributed by atoms with Crippen LogP contribution < -0.4 is 4.74 Å². The normalized spacial score (nSPS) is 21.0. The van der Waals surface area contributed by atoms with Crippen LogP contribution in [0.25, 0.3) is 0 Å². The first kappa shape index (κ1) is 16.2. The zero-order valence-corrected chi connectivity index (χ0v) is 13.7. The van der Waals surface area contributed by atoms with E-state index in [9.17, 15) is 4.79 Å². The van der Waals surface area contributed by atoms with Crippen LogP contribution in [-0.2, 0) is 4.79 Å². The first-order valence-corrected chi connectivity index (χ1v) is 8.38. The Balaban J connectivity index is 2.25. The smallest absolute Gasteiger partial charge is 0.304 e. The topological polar surface area (TPSA) is 49.8 Å². The van der Waals surface area contributed by atoms with E-state index in [2.05, 4.69) is 24.8 Å². The van der Waals surface area contributed by atoms with Gasteiger partial charge in [-0.25, -0.2) is 0 Å². The molecule has 1 heterocycles. The molecule has 1 saturated heterocycles. The van der Waals surface area contributed by atoms with Crippen molar-refractivity contribution in [3.8, 4) is 5.75 Å². The van der Waals surface area contributed by atoms with Crippen LogP contribution in [0.5, 0.6) is 5.75 Å². The van der Waals surface area contributed by atoms with Gasteiger partial charge in [0.05, 0.1) is 13.5 Å². The van der Waals surface area contributed by atoms with Crippen LogP contribution in [-0.4, -0.2) is 47.2 Å². The third kappa shape index (κ3) is 3.92. The number of ether oxygens (including phenoxy) is 1. The summed E-state index contributed by atoms with van der Waals surface area (Å²) >= 11 is 1.84. The van der Waals surface area contributed by atoms with Gasteiger partial charge in [-0.15, -0.1) is 0 Å². The van der Waals surface area contributed by atoms with Crippen LogP contribution in [0, 0.1) is 6.92 Å². The number of aliphatic carboxylic acids is 1. The van der Waals surface area contributed by atoms with Crippen LogP contribution in [0.15, 0.2) is 18.2 Å². The summed E-state index contributed by atoms with van der Waals surface area (Å²) in [5.41, 5.74) is 2.33. The average molecular weight is 309 g/mol. The zero-order chi connectivity index (χ0) is 15.4. The van der Waals surface area contributed by atoms with E-state index in [1.165, 1.54) is 5.56 Å².